The minimum Gasteiger partial charge on any atom is -0.352 e. The fourth-order valence-corrected chi connectivity index (χ4v) is 1.64. The summed E-state index contributed by atoms with van der Waals surface area (Å²) in [6, 6.07) is 7.06. The van der Waals surface area contributed by atoms with E-state index in [2.05, 4.69) is 20.0 Å². The molecule has 0 unspecified atom stereocenters. The van der Waals surface area contributed by atoms with E-state index in [9.17, 15) is 4.79 Å². The van der Waals surface area contributed by atoms with Gasteiger partial charge in [-0.1, -0.05) is 17.3 Å². The molecule has 1 aromatic heterocycles. The average molecular weight is 297 g/mol. The number of unbranched alkanes of at least 4 members (excludes halogenated alkanes) is 1. The molecule has 1 heterocycles. The highest BCUT2D eigenvalue weighted by molar-refractivity contribution is 5.94. The van der Waals surface area contributed by atoms with Gasteiger partial charge in [-0.2, -0.15) is 4.98 Å². The van der Waals surface area contributed by atoms with Gasteiger partial charge in [0.05, 0.1) is 0 Å². The van der Waals surface area contributed by atoms with Gasteiger partial charge < -0.3 is 15.6 Å². The van der Waals surface area contributed by atoms with Crippen molar-refractivity contribution in [1.29, 1.82) is 0 Å². The maximum Gasteiger partial charge on any atom is 0.251 e. The Hall–Kier alpha value is -1.92. The van der Waals surface area contributed by atoms with Gasteiger partial charge >= 0.3 is 0 Å². The molecule has 7 heteroatoms. The Labute approximate surface area is 123 Å². The highest BCUT2D eigenvalue weighted by Crippen LogP contribution is 2.14. The van der Waals surface area contributed by atoms with Gasteiger partial charge in [0.25, 0.3) is 5.91 Å². The number of nitrogens with two attached hydrogens (primary N) is 1. The van der Waals surface area contributed by atoms with Crippen LogP contribution in [0, 0.1) is 0 Å². The highest BCUT2D eigenvalue weighted by atomic mass is 35.5. The first-order chi connectivity index (χ1) is 9.31. The SMILES string of the molecule is Cl.NCCCCNC(=O)c1ccc(-c2ncon2)cc1. The van der Waals surface area contributed by atoms with Crippen molar-refractivity contribution in [2.75, 3.05) is 13.1 Å². The molecule has 0 bridgehead atoms. The molecule has 2 rings (SSSR count). The zero-order valence-electron chi connectivity index (χ0n) is 10.9. The van der Waals surface area contributed by atoms with Crippen LogP contribution in [-0.2, 0) is 0 Å². The van der Waals surface area contributed by atoms with Crippen molar-refractivity contribution in [2.24, 2.45) is 5.73 Å². The maximum absolute atomic E-state index is 11.8. The number of halogens is 1. The summed E-state index contributed by atoms with van der Waals surface area (Å²) in [5.41, 5.74) is 6.81. The Balaban J connectivity index is 0.00000200. The third-order valence-electron chi connectivity index (χ3n) is 2.68. The number of hydrogen-bond acceptors (Lipinski definition) is 5. The molecule has 6 nitrogen and oxygen atoms in total. The second-order valence-corrected chi connectivity index (χ2v) is 4.08. The van der Waals surface area contributed by atoms with Crippen LogP contribution in [0.15, 0.2) is 35.2 Å². The molecule has 1 aromatic carbocycles. The summed E-state index contributed by atoms with van der Waals surface area (Å²) < 4.78 is 4.67. The number of carbonyl (C=O) groups is 1. The molecule has 1 amide bonds. The molecular formula is C13H17ClN4O2. The first-order valence-electron chi connectivity index (χ1n) is 6.16. The number of carbonyl (C=O) groups excluding carboxylic acids is 1. The summed E-state index contributed by atoms with van der Waals surface area (Å²) >= 11 is 0. The monoisotopic (exact) mass is 296 g/mol. The molecule has 2 aromatic rings. The number of rotatable bonds is 6. The van der Waals surface area contributed by atoms with Crippen molar-refractivity contribution in [1.82, 2.24) is 15.5 Å². The lowest BCUT2D eigenvalue weighted by Crippen LogP contribution is -2.24. The summed E-state index contributed by atoms with van der Waals surface area (Å²) in [4.78, 5) is 15.8. The molecule has 0 spiro atoms. The third kappa shape index (κ3) is 4.32. The van der Waals surface area contributed by atoms with Crippen LogP contribution in [0.1, 0.15) is 23.2 Å². The van der Waals surface area contributed by atoms with Crippen LogP contribution in [0.5, 0.6) is 0 Å². The minimum absolute atomic E-state index is 0. The van der Waals surface area contributed by atoms with E-state index in [4.69, 9.17) is 5.73 Å². The second-order valence-electron chi connectivity index (χ2n) is 4.08. The number of hydrogen-bond donors (Lipinski definition) is 2. The number of amides is 1. The molecule has 0 saturated heterocycles. The van der Waals surface area contributed by atoms with Crippen LogP contribution < -0.4 is 11.1 Å². The highest BCUT2D eigenvalue weighted by Gasteiger charge is 2.07. The lowest BCUT2D eigenvalue weighted by molar-refractivity contribution is 0.0953. The zero-order chi connectivity index (χ0) is 13.5. The van der Waals surface area contributed by atoms with Crippen molar-refractivity contribution in [3.05, 3.63) is 36.2 Å². The number of benzene rings is 1. The molecule has 0 atom stereocenters. The summed E-state index contributed by atoms with van der Waals surface area (Å²) in [6.45, 7) is 1.29. The van der Waals surface area contributed by atoms with E-state index in [1.165, 1.54) is 6.39 Å². The van der Waals surface area contributed by atoms with Gasteiger partial charge in [-0.15, -0.1) is 12.4 Å². The molecule has 108 valence electrons. The average Bonchev–Trinajstić information content (AvgIpc) is 2.98. The molecular weight excluding hydrogens is 280 g/mol. The summed E-state index contributed by atoms with van der Waals surface area (Å²) in [5.74, 6) is 0.423. The summed E-state index contributed by atoms with van der Waals surface area (Å²) in [7, 11) is 0. The van der Waals surface area contributed by atoms with E-state index in [0.29, 0.717) is 24.5 Å². The molecule has 3 N–H and O–H groups in total. The van der Waals surface area contributed by atoms with Crippen LogP contribution in [0.3, 0.4) is 0 Å². The van der Waals surface area contributed by atoms with Crippen LogP contribution in [0.4, 0.5) is 0 Å². The second kappa shape index (κ2) is 8.29. The van der Waals surface area contributed by atoms with Gasteiger partial charge in [-0.3, -0.25) is 4.79 Å². The van der Waals surface area contributed by atoms with Crippen LogP contribution >= 0.6 is 12.4 Å². The van der Waals surface area contributed by atoms with E-state index in [0.717, 1.165) is 18.4 Å². The van der Waals surface area contributed by atoms with E-state index < -0.39 is 0 Å². The maximum atomic E-state index is 11.8. The van der Waals surface area contributed by atoms with Crippen molar-refractivity contribution in [2.45, 2.75) is 12.8 Å². The predicted octanol–water partition coefficient (Wildman–Crippen LogP) is 1.63. The van der Waals surface area contributed by atoms with Gasteiger partial charge in [0.2, 0.25) is 12.2 Å². The number of nitrogens with zero attached hydrogens (tertiary/aromatic N) is 2. The Morgan fingerprint density at radius 1 is 1.25 bits per heavy atom. The van der Waals surface area contributed by atoms with Crippen LogP contribution in [-0.4, -0.2) is 29.1 Å². The lowest BCUT2D eigenvalue weighted by Gasteiger charge is -2.05. The van der Waals surface area contributed by atoms with Gasteiger partial charge in [-0.05, 0) is 31.5 Å². The van der Waals surface area contributed by atoms with Gasteiger partial charge in [0.15, 0.2) is 0 Å². The zero-order valence-corrected chi connectivity index (χ0v) is 11.7. The first-order valence-corrected chi connectivity index (χ1v) is 6.16. The van der Waals surface area contributed by atoms with Crippen molar-refractivity contribution >= 4 is 18.3 Å². The van der Waals surface area contributed by atoms with Gasteiger partial charge in [-0.25, -0.2) is 0 Å². The van der Waals surface area contributed by atoms with Crippen molar-refractivity contribution in [3.8, 4) is 11.4 Å². The lowest BCUT2D eigenvalue weighted by atomic mass is 10.1. The molecule has 0 radical (unpaired) electrons. The number of aromatic nitrogens is 2. The third-order valence-corrected chi connectivity index (χ3v) is 2.68. The smallest absolute Gasteiger partial charge is 0.251 e. The van der Waals surface area contributed by atoms with Crippen LogP contribution in [0.25, 0.3) is 11.4 Å². The predicted molar refractivity (Wildman–Crippen MR) is 77.6 cm³/mol. The van der Waals surface area contributed by atoms with E-state index in [1.54, 1.807) is 24.3 Å². The first kappa shape index (κ1) is 16.1. The standard InChI is InChI=1S/C13H16N4O2.ClH/c14-7-1-2-8-15-13(18)11-5-3-10(4-6-11)12-16-9-19-17-12;/h3-6,9H,1-2,7-8,14H2,(H,15,18);1H. The molecule has 0 aliphatic rings. The molecule has 0 aliphatic carbocycles. The molecule has 0 saturated carbocycles. The largest absolute Gasteiger partial charge is 0.352 e. The fraction of sp³-hybridized carbons (Fsp3) is 0.308. The number of nitrogens with one attached hydrogen (secondary N) is 1. The van der Waals surface area contributed by atoms with Gasteiger partial charge in [0, 0.05) is 17.7 Å². The normalized spacial score (nSPS) is 9.85. The Morgan fingerprint density at radius 3 is 2.60 bits per heavy atom. The van der Waals surface area contributed by atoms with Crippen molar-refractivity contribution in [3.63, 3.8) is 0 Å². The molecule has 0 fully saturated rings. The quantitative estimate of drug-likeness (QED) is 0.790. The fourth-order valence-electron chi connectivity index (χ4n) is 1.64. The summed E-state index contributed by atoms with van der Waals surface area (Å²) in [5, 5.41) is 6.58. The molecule has 20 heavy (non-hydrogen) atoms. The Kier molecular flexibility index (Phi) is 6.69. The molecule has 0 aliphatic heterocycles. The van der Waals surface area contributed by atoms with E-state index in [-0.39, 0.29) is 18.3 Å². The van der Waals surface area contributed by atoms with Gasteiger partial charge in [0.1, 0.15) is 0 Å². The minimum atomic E-state index is -0.0864. The van der Waals surface area contributed by atoms with E-state index in [1.807, 2.05) is 0 Å². The Bertz CT molecular complexity index is 514. The van der Waals surface area contributed by atoms with Crippen LogP contribution in [0.2, 0.25) is 0 Å². The van der Waals surface area contributed by atoms with E-state index >= 15 is 0 Å². The Morgan fingerprint density at radius 2 is 2.00 bits per heavy atom. The topological polar surface area (TPSA) is 94.0 Å². The van der Waals surface area contributed by atoms with Crippen molar-refractivity contribution < 1.29 is 9.32 Å². The summed E-state index contributed by atoms with van der Waals surface area (Å²) in [6.07, 6.45) is 3.08.